The molecule has 0 aliphatic heterocycles. The van der Waals surface area contributed by atoms with Crippen molar-refractivity contribution in [2.45, 2.75) is 12.8 Å². The third-order valence-electron chi connectivity index (χ3n) is 3.56. The van der Waals surface area contributed by atoms with Gasteiger partial charge in [0.15, 0.2) is 5.78 Å². The molecule has 0 saturated heterocycles. The van der Waals surface area contributed by atoms with E-state index in [0.29, 0.717) is 18.4 Å². The van der Waals surface area contributed by atoms with Crippen LogP contribution >= 0.6 is 0 Å². The molecule has 2 aromatic carbocycles. The number of Topliss-reactive ketones (excluding diaryl/α,β-unsaturated/α-hetero) is 1. The molecule has 3 aromatic rings. The minimum atomic E-state index is 0.113. The van der Waals surface area contributed by atoms with Crippen molar-refractivity contribution in [3.63, 3.8) is 0 Å². The number of rotatable bonds is 4. The summed E-state index contributed by atoms with van der Waals surface area (Å²) in [6, 6.07) is 15.5. The van der Waals surface area contributed by atoms with E-state index in [1.54, 1.807) is 12.4 Å². The first-order chi connectivity index (χ1) is 10.2. The smallest absolute Gasteiger partial charge is 0.165 e. The Hall–Kier alpha value is -2.68. The van der Waals surface area contributed by atoms with Crippen LogP contribution in [0.1, 0.15) is 22.3 Å². The van der Waals surface area contributed by atoms with Gasteiger partial charge in [-0.25, -0.2) is 0 Å². The van der Waals surface area contributed by atoms with Gasteiger partial charge in [0.25, 0.3) is 0 Å². The molecule has 0 unspecified atom stereocenters. The average Bonchev–Trinajstić information content (AvgIpc) is 2.52. The van der Waals surface area contributed by atoms with Crippen LogP contribution < -0.4 is 5.73 Å². The van der Waals surface area contributed by atoms with Crippen LogP contribution in [0.15, 0.2) is 60.9 Å². The minimum absolute atomic E-state index is 0.113. The van der Waals surface area contributed by atoms with E-state index >= 15 is 0 Å². The predicted molar refractivity (Wildman–Crippen MR) is 85.2 cm³/mol. The molecular weight excluding hydrogens is 260 g/mol. The van der Waals surface area contributed by atoms with E-state index in [1.165, 1.54) is 0 Å². The highest BCUT2D eigenvalue weighted by atomic mass is 16.1. The molecule has 0 fully saturated rings. The molecule has 0 atom stereocenters. The number of nitrogens with zero attached hydrogens (tertiary/aromatic N) is 1. The second-order valence-corrected chi connectivity index (χ2v) is 5.08. The summed E-state index contributed by atoms with van der Waals surface area (Å²) in [7, 11) is 0. The van der Waals surface area contributed by atoms with Gasteiger partial charge in [-0.3, -0.25) is 9.78 Å². The Morgan fingerprint density at radius 2 is 1.90 bits per heavy atom. The van der Waals surface area contributed by atoms with Gasteiger partial charge in [-0.05, 0) is 29.5 Å². The van der Waals surface area contributed by atoms with Crippen LogP contribution in [0.4, 0.5) is 5.69 Å². The van der Waals surface area contributed by atoms with Gasteiger partial charge in [-0.1, -0.05) is 36.4 Å². The van der Waals surface area contributed by atoms with Gasteiger partial charge in [0.2, 0.25) is 0 Å². The number of ketones is 1. The predicted octanol–water partition coefficient (Wildman–Crippen LogP) is 3.63. The summed E-state index contributed by atoms with van der Waals surface area (Å²) in [5.41, 5.74) is 8.26. The number of nitrogens with two attached hydrogens (primary N) is 1. The molecule has 0 saturated carbocycles. The van der Waals surface area contributed by atoms with Gasteiger partial charge < -0.3 is 5.73 Å². The molecule has 21 heavy (non-hydrogen) atoms. The lowest BCUT2D eigenvalue weighted by atomic mass is 9.99. The van der Waals surface area contributed by atoms with Crippen LogP contribution in [0.3, 0.4) is 0 Å². The second-order valence-electron chi connectivity index (χ2n) is 5.08. The van der Waals surface area contributed by atoms with Crippen molar-refractivity contribution in [1.82, 2.24) is 4.98 Å². The number of anilines is 1. The lowest BCUT2D eigenvalue weighted by Gasteiger charge is -2.06. The molecule has 3 nitrogen and oxygen atoms in total. The summed E-state index contributed by atoms with van der Waals surface area (Å²) in [6.45, 7) is 0. The largest absolute Gasteiger partial charge is 0.399 e. The SMILES string of the molecule is Nc1cccc(CCC(=O)c2cncc3ccccc23)c1. The molecule has 1 heterocycles. The monoisotopic (exact) mass is 276 g/mol. The molecule has 3 heteroatoms. The third kappa shape index (κ3) is 2.92. The van der Waals surface area contributed by atoms with Crippen LogP contribution in [0.2, 0.25) is 0 Å². The van der Waals surface area contributed by atoms with Crippen LogP contribution in [0.25, 0.3) is 10.8 Å². The first-order valence-corrected chi connectivity index (χ1v) is 6.94. The van der Waals surface area contributed by atoms with Crippen LogP contribution in [0.5, 0.6) is 0 Å². The van der Waals surface area contributed by atoms with Crippen molar-refractivity contribution in [2.75, 3.05) is 5.73 Å². The fourth-order valence-corrected chi connectivity index (χ4v) is 2.48. The van der Waals surface area contributed by atoms with Crippen LogP contribution in [0, 0.1) is 0 Å². The molecule has 2 N–H and O–H groups in total. The summed E-state index contributed by atoms with van der Waals surface area (Å²) in [6.07, 6.45) is 4.58. The highest BCUT2D eigenvalue weighted by Gasteiger charge is 2.10. The number of pyridine rings is 1. The van der Waals surface area contributed by atoms with Crippen molar-refractivity contribution in [3.8, 4) is 0 Å². The quantitative estimate of drug-likeness (QED) is 0.584. The van der Waals surface area contributed by atoms with Gasteiger partial charge in [-0.15, -0.1) is 0 Å². The Balaban J connectivity index is 1.81. The van der Waals surface area contributed by atoms with Gasteiger partial charge in [-0.2, -0.15) is 0 Å². The standard InChI is InChI=1S/C18H16N2O/c19-15-6-3-4-13(10-15)8-9-18(21)17-12-20-11-14-5-1-2-7-16(14)17/h1-7,10-12H,8-9,19H2. The Morgan fingerprint density at radius 3 is 2.76 bits per heavy atom. The highest BCUT2D eigenvalue weighted by molar-refractivity contribution is 6.07. The van der Waals surface area contributed by atoms with E-state index in [4.69, 9.17) is 5.73 Å². The highest BCUT2D eigenvalue weighted by Crippen LogP contribution is 2.19. The van der Waals surface area contributed by atoms with Gasteiger partial charge >= 0.3 is 0 Å². The molecule has 0 spiro atoms. The molecule has 104 valence electrons. The average molecular weight is 276 g/mol. The number of carbonyl (C=O) groups excluding carboxylic acids is 1. The Kier molecular flexibility index (Phi) is 3.65. The van der Waals surface area contributed by atoms with E-state index in [1.807, 2.05) is 48.5 Å². The molecule has 0 aliphatic carbocycles. The first kappa shape index (κ1) is 13.3. The number of aryl methyl sites for hydroxylation is 1. The summed E-state index contributed by atoms with van der Waals surface area (Å²) < 4.78 is 0. The van der Waals surface area contributed by atoms with Crippen LogP contribution in [-0.4, -0.2) is 10.8 Å². The maximum atomic E-state index is 12.4. The summed E-state index contributed by atoms with van der Waals surface area (Å²) >= 11 is 0. The van der Waals surface area contributed by atoms with Crippen LogP contribution in [-0.2, 0) is 6.42 Å². The molecule has 0 amide bonds. The van der Waals surface area contributed by atoms with E-state index < -0.39 is 0 Å². The minimum Gasteiger partial charge on any atom is -0.399 e. The van der Waals surface area contributed by atoms with E-state index in [9.17, 15) is 4.79 Å². The zero-order valence-corrected chi connectivity index (χ0v) is 11.6. The topological polar surface area (TPSA) is 56.0 Å². The van der Waals surface area contributed by atoms with Crippen molar-refractivity contribution < 1.29 is 4.79 Å². The molecule has 0 bridgehead atoms. The van der Waals surface area contributed by atoms with E-state index in [-0.39, 0.29) is 5.78 Å². The number of fused-ring (bicyclic) bond motifs is 1. The molecule has 0 radical (unpaired) electrons. The Labute approximate surface area is 123 Å². The van der Waals surface area contributed by atoms with Crippen molar-refractivity contribution in [2.24, 2.45) is 0 Å². The molecular formula is C18H16N2O. The maximum absolute atomic E-state index is 12.4. The second kappa shape index (κ2) is 5.75. The van der Waals surface area contributed by atoms with Gasteiger partial charge in [0.05, 0.1) is 0 Å². The molecule has 0 aliphatic rings. The molecule has 1 aromatic heterocycles. The Bertz CT molecular complexity index is 791. The molecule has 3 rings (SSSR count). The lowest BCUT2D eigenvalue weighted by molar-refractivity contribution is 0.0984. The number of aromatic nitrogens is 1. The van der Waals surface area contributed by atoms with Gasteiger partial charge in [0.1, 0.15) is 0 Å². The summed E-state index contributed by atoms with van der Waals surface area (Å²) in [5, 5.41) is 1.96. The fraction of sp³-hybridized carbons (Fsp3) is 0.111. The number of benzene rings is 2. The van der Waals surface area contributed by atoms with Crippen molar-refractivity contribution in [3.05, 3.63) is 72.1 Å². The fourth-order valence-electron chi connectivity index (χ4n) is 2.48. The number of hydrogen-bond donors (Lipinski definition) is 1. The number of carbonyl (C=O) groups is 1. The lowest BCUT2D eigenvalue weighted by Crippen LogP contribution is -2.03. The summed E-state index contributed by atoms with van der Waals surface area (Å²) in [4.78, 5) is 16.6. The normalized spacial score (nSPS) is 10.7. The Morgan fingerprint density at radius 1 is 1.05 bits per heavy atom. The summed E-state index contributed by atoms with van der Waals surface area (Å²) in [5.74, 6) is 0.113. The number of nitrogen functional groups attached to an aromatic ring is 1. The van der Waals surface area contributed by atoms with Gasteiger partial charge in [0, 0.05) is 35.5 Å². The first-order valence-electron chi connectivity index (χ1n) is 6.94. The van der Waals surface area contributed by atoms with Crippen molar-refractivity contribution >= 4 is 22.2 Å². The zero-order chi connectivity index (χ0) is 14.7. The third-order valence-corrected chi connectivity index (χ3v) is 3.56. The maximum Gasteiger partial charge on any atom is 0.165 e. The van der Waals surface area contributed by atoms with E-state index in [0.717, 1.165) is 22.0 Å². The van der Waals surface area contributed by atoms with E-state index in [2.05, 4.69) is 4.98 Å². The number of hydrogen-bond acceptors (Lipinski definition) is 3. The zero-order valence-electron chi connectivity index (χ0n) is 11.6. The van der Waals surface area contributed by atoms with Crippen molar-refractivity contribution in [1.29, 1.82) is 0 Å².